The number of ether oxygens (including phenoxy) is 4. The minimum Gasteiger partial charge on any atom is -0.489 e. The second-order valence-corrected chi connectivity index (χ2v) is 8.21. The van der Waals surface area contributed by atoms with Crippen molar-refractivity contribution in [3.05, 3.63) is 72.3 Å². The molecule has 0 saturated carbocycles. The quantitative estimate of drug-likeness (QED) is 0.464. The van der Waals surface area contributed by atoms with Crippen LogP contribution in [-0.4, -0.2) is 48.6 Å². The summed E-state index contributed by atoms with van der Waals surface area (Å²) in [4.78, 5) is 26.5. The molecular weight excluding hydrogens is 438 g/mol. The lowest BCUT2D eigenvalue weighted by molar-refractivity contribution is -0.160. The van der Waals surface area contributed by atoms with Crippen LogP contribution in [0.25, 0.3) is 0 Å². The topological polar surface area (TPSA) is 94.5 Å². The van der Waals surface area contributed by atoms with E-state index < -0.39 is 30.4 Å². The Balaban J connectivity index is 1.63. The summed E-state index contributed by atoms with van der Waals surface area (Å²) in [6, 6.07) is 14.4. The average molecular weight is 468 g/mol. The highest BCUT2D eigenvalue weighted by Gasteiger charge is 2.49. The van der Waals surface area contributed by atoms with Crippen molar-refractivity contribution in [2.45, 2.75) is 50.7 Å². The minimum atomic E-state index is -0.994. The van der Waals surface area contributed by atoms with Crippen LogP contribution in [0.1, 0.15) is 37.0 Å². The van der Waals surface area contributed by atoms with Gasteiger partial charge in [-0.1, -0.05) is 43.0 Å². The molecule has 4 rings (SSSR count). The van der Waals surface area contributed by atoms with Gasteiger partial charge in [0, 0.05) is 5.56 Å². The van der Waals surface area contributed by atoms with Gasteiger partial charge >= 0.3 is 12.1 Å². The van der Waals surface area contributed by atoms with Crippen molar-refractivity contribution in [2.75, 3.05) is 18.1 Å². The van der Waals surface area contributed by atoms with Gasteiger partial charge in [-0.25, -0.2) is 4.79 Å². The standard InChI is InChI=1S/C26H29NO7/c1-3-12-32-26(30)27-21-11-10-18(33-16-17-8-6-5-7-9-17)13-20(21)25-24(29)22(27)14-19(34-25)15-23(28)31-4-2/h3,5-11,13,19,22,24-25,29H,1,4,12,14-16H2,2H3/t19-,22-,24-,25-/m0/s1. The minimum absolute atomic E-state index is 0.0304. The van der Waals surface area contributed by atoms with E-state index in [-0.39, 0.29) is 32.0 Å². The van der Waals surface area contributed by atoms with Gasteiger partial charge in [0.15, 0.2) is 0 Å². The SMILES string of the molecule is C=CCOC(=O)N1c2ccc(OCc3ccccc3)cc2[C@@H]2O[C@H](CC(=O)OCC)C[C@H]1[C@@H]2O. The van der Waals surface area contributed by atoms with Gasteiger partial charge in [-0.2, -0.15) is 0 Å². The summed E-state index contributed by atoms with van der Waals surface area (Å²) in [6.07, 6.45) is -1.06. The Labute approximate surface area is 198 Å². The number of hydrogen-bond acceptors (Lipinski definition) is 7. The van der Waals surface area contributed by atoms with Gasteiger partial charge in [0.2, 0.25) is 0 Å². The molecule has 2 aromatic rings. The molecule has 1 N–H and O–H groups in total. The molecule has 0 aliphatic carbocycles. The molecule has 0 spiro atoms. The highest BCUT2D eigenvalue weighted by molar-refractivity contribution is 5.91. The van der Waals surface area contributed by atoms with E-state index in [1.54, 1.807) is 25.1 Å². The number of aliphatic hydroxyl groups is 1. The van der Waals surface area contributed by atoms with Crippen molar-refractivity contribution in [2.24, 2.45) is 0 Å². The predicted molar refractivity (Wildman–Crippen MR) is 125 cm³/mol. The smallest absolute Gasteiger partial charge is 0.414 e. The Morgan fingerprint density at radius 1 is 1.21 bits per heavy atom. The molecular formula is C26H29NO7. The first-order valence-corrected chi connectivity index (χ1v) is 11.4. The van der Waals surface area contributed by atoms with Crippen LogP contribution < -0.4 is 9.64 Å². The van der Waals surface area contributed by atoms with Crippen LogP contribution in [-0.2, 0) is 25.6 Å². The molecule has 8 heteroatoms. The molecule has 0 radical (unpaired) electrons. The number of carbonyl (C=O) groups excluding carboxylic acids is 2. The summed E-state index contributed by atoms with van der Waals surface area (Å²) in [5, 5.41) is 11.1. The van der Waals surface area contributed by atoms with Crippen molar-refractivity contribution >= 4 is 17.7 Å². The Kier molecular flexibility index (Phi) is 7.49. The Hall–Kier alpha value is -3.36. The molecule has 0 unspecified atom stereocenters. The molecule has 2 aliphatic rings. The number of nitrogens with zero attached hydrogens (tertiary/aromatic N) is 1. The van der Waals surface area contributed by atoms with Gasteiger partial charge in [-0.3, -0.25) is 9.69 Å². The first-order valence-electron chi connectivity index (χ1n) is 11.4. The van der Waals surface area contributed by atoms with Crippen LogP contribution >= 0.6 is 0 Å². The Morgan fingerprint density at radius 2 is 2.00 bits per heavy atom. The molecule has 4 atom stereocenters. The summed E-state index contributed by atoms with van der Waals surface area (Å²) in [7, 11) is 0. The second kappa shape index (κ2) is 10.7. The fraction of sp³-hybridized carbons (Fsp3) is 0.385. The summed E-state index contributed by atoms with van der Waals surface area (Å²) < 4.78 is 22.5. The van der Waals surface area contributed by atoms with E-state index in [2.05, 4.69) is 6.58 Å². The molecule has 34 heavy (non-hydrogen) atoms. The van der Waals surface area contributed by atoms with Gasteiger partial charge in [0.05, 0.1) is 30.9 Å². The maximum atomic E-state index is 13.0. The molecule has 2 bridgehead atoms. The third-order valence-electron chi connectivity index (χ3n) is 5.91. The van der Waals surface area contributed by atoms with Gasteiger partial charge in [-0.05, 0) is 37.1 Å². The van der Waals surface area contributed by atoms with E-state index in [4.69, 9.17) is 18.9 Å². The molecule has 1 saturated heterocycles. The fourth-order valence-electron chi connectivity index (χ4n) is 4.43. The molecule has 2 aromatic carbocycles. The van der Waals surface area contributed by atoms with Crippen LogP contribution in [0.5, 0.6) is 5.75 Å². The molecule has 180 valence electrons. The monoisotopic (exact) mass is 467 g/mol. The van der Waals surface area contributed by atoms with E-state index >= 15 is 0 Å². The number of esters is 1. The zero-order valence-electron chi connectivity index (χ0n) is 19.1. The van der Waals surface area contributed by atoms with Crippen LogP contribution in [0.15, 0.2) is 61.2 Å². The molecule has 0 aromatic heterocycles. The van der Waals surface area contributed by atoms with Crippen molar-refractivity contribution in [3.8, 4) is 5.75 Å². The van der Waals surface area contributed by atoms with Crippen molar-refractivity contribution in [3.63, 3.8) is 0 Å². The van der Waals surface area contributed by atoms with E-state index in [1.807, 2.05) is 30.3 Å². The highest BCUT2D eigenvalue weighted by Crippen LogP contribution is 2.47. The Bertz CT molecular complexity index is 1030. The number of benzene rings is 2. The van der Waals surface area contributed by atoms with Gasteiger partial charge in [0.25, 0.3) is 0 Å². The maximum Gasteiger partial charge on any atom is 0.414 e. The first kappa shape index (κ1) is 23.8. The fourth-order valence-corrected chi connectivity index (χ4v) is 4.43. The number of fused-ring (bicyclic) bond motifs is 4. The predicted octanol–water partition coefficient (Wildman–Crippen LogP) is 3.92. The molecule has 1 amide bonds. The molecule has 2 heterocycles. The summed E-state index contributed by atoms with van der Waals surface area (Å²) in [5.41, 5.74) is 2.19. The average Bonchev–Trinajstić information content (AvgIpc) is 2.83. The van der Waals surface area contributed by atoms with Gasteiger partial charge in [-0.15, -0.1) is 0 Å². The zero-order chi connectivity index (χ0) is 24.1. The number of carbonyl (C=O) groups is 2. The number of amides is 1. The summed E-state index contributed by atoms with van der Waals surface area (Å²) in [6.45, 7) is 6.00. The molecule has 2 aliphatic heterocycles. The third-order valence-corrected chi connectivity index (χ3v) is 5.91. The van der Waals surface area contributed by atoms with Crippen LogP contribution in [0, 0.1) is 0 Å². The van der Waals surface area contributed by atoms with Crippen molar-refractivity contribution in [1.29, 1.82) is 0 Å². The first-order chi connectivity index (χ1) is 16.5. The summed E-state index contributed by atoms with van der Waals surface area (Å²) >= 11 is 0. The zero-order valence-corrected chi connectivity index (χ0v) is 19.1. The van der Waals surface area contributed by atoms with E-state index in [1.165, 1.54) is 11.0 Å². The lowest BCUT2D eigenvalue weighted by Gasteiger charge is -2.48. The van der Waals surface area contributed by atoms with Gasteiger partial charge in [0.1, 0.15) is 31.2 Å². The van der Waals surface area contributed by atoms with Gasteiger partial charge < -0.3 is 24.1 Å². The lowest BCUT2D eigenvalue weighted by atomic mass is 9.84. The van der Waals surface area contributed by atoms with Crippen molar-refractivity contribution < 1.29 is 33.6 Å². The normalized spacial score (nSPS) is 22.9. The second-order valence-electron chi connectivity index (χ2n) is 8.21. The van der Waals surface area contributed by atoms with Crippen LogP contribution in [0.3, 0.4) is 0 Å². The molecule has 8 nitrogen and oxygen atoms in total. The number of rotatable bonds is 8. The summed E-state index contributed by atoms with van der Waals surface area (Å²) in [5.74, 6) is 0.187. The number of hydrogen-bond donors (Lipinski definition) is 1. The Morgan fingerprint density at radius 3 is 2.74 bits per heavy atom. The highest BCUT2D eigenvalue weighted by atomic mass is 16.6. The number of aliphatic hydroxyl groups excluding tert-OH is 1. The van der Waals surface area contributed by atoms with E-state index in [0.29, 0.717) is 23.6 Å². The lowest BCUT2D eigenvalue weighted by Crippen LogP contribution is -2.58. The maximum absolute atomic E-state index is 13.0. The van der Waals surface area contributed by atoms with E-state index in [9.17, 15) is 14.7 Å². The van der Waals surface area contributed by atoms with Crippen LogP contribution in [0.4, 0.5) is 10.5 Å². The van der Waals surface area contributed by atoms with Crippen molar-refractivity contribution in [1.82, 2.24) is 0 Å². The van der Waals surface area contributed by atoms with Crippen LogP contribution in [0.2, 0.25) is 0 Å². The largest absolute Gasteiger partial charge is 0.489 e. The number of anilines is 1. The third kappa shape index (κ3) is 5.08. The molecule has 1 fully saturated rings. The van der Waals surface area contributed by atoms with E-state index in [0.717, 1.165) is 5.56 Å².